The van der Waals surface area contributed by atoms with E-state index in [0.717, 1.165) is 6.20 Å². The van der Waals surface area contributed by atoms with Crippen LogP contribution in [-0.2, 0) is 0 Å². The highest BCUT2D eigenvalue weighted by Crippen LogP contribution is 2.32. The number of fused-ring (bicyclic) bond motifs is 1. The highest BCUT2D eigenvalue weighted by atomic mass is 19.4. The number of benzene rings is 1. The van der Waals surface area contributed by atoms with E-state index in [1.807, 2.05) is 0 Å². The number of para-hydroxylation sites is 1. The number of pyridine rings is 1. The van der Waals surface area contributed by atoms with Gasteiger partial charge in [0.25, 0.3) is 0 Å². The van der Waals surface area contributed by atoms with Crippen molar-refractivity contribution < 1.29 is 18.3 Å². The lowest BCUT2D eigenvalue weighted by atomic mass is 10.1. The van der Waals surface area contributed by atoms with Crippen molar-refractivity contribution in [2.24, 2.45) is 0 Å². The fourth-order valence-electron chi connectivity index (χ4n) is 1.43. The van der Waals surface area contributed by atoms with Crippen molar-refractivity contribution in [3.8, 4) is 0 Å². The Kier molecular flexibility index (Phi) is 2.55. The molecule has 84 valence electrons. The Hall–Kier alpha value is -1.62. The lowest BCUT2D eigenvalue weighted by molar-refractivity contribution is -0.206. The number of hydrogen-bond donors (Lipinski definition) is 1. The van der Waals surface area contributed by atoms with Crippen molar-refractivity contribution in [1.29, 1.82) is 0 Å². The molecule has 2 nitrogen and oxygen atoms in total. The number of alkyl halides is 3. The number of halogens is 3. The van der Waals surface area contributed by atoms with E-state index in [0.29, 0.717) is 10.9 Å². The summed E-state index contributed by atoms with van der Waals surface area (Å²) in [7, 11) is 0. The van der Waals surface area contributed by atoms with Crippen molar-refractivity contribution in [2.45, 2.75) is 12.3 Å². The zero-order chi connectivity index (χ0) is 11.8. The maximum absolute atomic E-state index is 12.3. The van der Waals surface area contributed by atoms with Gasteiger partial charge in [-0.1, -0.05) is 18.2 Å². The molecule has 0 aliphatic carbocycles. The third kappa shape index (κ3) is 1.99. The maximum atomic E-state index is 12.3. The van der Waals surface area contributed by atoms with Gasteiger partial charge in [0.15, 0.2) is 6.10 Å². The molecule has 16 heavy (non-hydrogen) atoms. The third-order valence-electron chi connectivity index (χ3n) is 2.24. The zero-order valence-corrected chi connectivity index (χ0v) is 8.07. The second-order valence-corrected chi connectivity index (χ2v) is 3.41. The molecule has 1 heterocycles. The SMILES string of the molecule is OC(c1cnc2ccccc2c1)C(F)(F)F. The summed E-state index contributed by atoms with van der Waals surface area (Å²) in [5, 5.41) is 9.62. The molecular formula is C11H8F3NO. The van der Waals surface area contributed by atoms with Gasteiger partial charge in [0.2, 0.25) is 0 Å². The van der Waals surface area contributed by atoms with Gasteiger partial charge in [0.1, 0.15) is 0 Å². The van der Waals surface area contributed by atoms with Gasteiger partial charge in [-0.15, -0.1) is 0 Å². The van der Waals surface area contributed by atoms with Crippen LogP contribution >= 0.6 is 0 Å². The minimum Gasteiger partial charge on any atom is -0.379 e. The fraction of sp³-hybridized carbons (Fsp3) is 0.182. The van der Waals surface area contributed by atoms with Gasteiger partial charge >= 0.3 is 6.18 Å². The molecule has 2 aromatic rings. The first-order valence-corrected chi connectivity index (χ1v) is 4.58. The highest BCUT2D eigenvalue weighted by Gasteiger charge is 2.39. The molecule has 1 atom stereocenters. The van der Waals surface area contributed by atoms with Gasteiger partial charge in [-0.25, -0.2) is 0 Å². The van der Waals surface area contributed by atoms with Gasteiger partial charge in [-0.05, 0) is 12.1 Å². The van der Waals surface area contributed by atoms with Crippen LogP contribution in [-0.4, -0.2) is 16.3 Å². The van der Waals surface area contributed by atoms with E-state index >= 15 is 0 Å². The average molecular weight is 227 g/mol. The summed E-state index contributed by atoms with van der Waals surface area (Å²) in [5.74, 6) is 0. The van der Waals surface area contributed by atoms with Crippen LogP contribution in [0.3, 0.4) is 0 Å². The van der Waals surface area contributed by atoms with Crippen molar-refractivity contribution in [1.82, 2.24) is 4.98 Å². The summed E-state index contributed by atoms with van der Waals surface area (Å²) in [6.45, 7) is 0. The van der Waals surface area contributed by atoms with Crippen LogP contribution in [0.2, 0.25) is 0 Å². The first-order valence-electron chi connectivity index (χ1n) is 4.58. The minimum atomic E-state index is -4.66. The van der Waals surface area contributed by atoms with E-state index in [4.69, 9.17) is 5.11 Å². The number of aliphatic hydroxyl groups excluding tert-OH is 1. The molecular weight excluding hydrogens is 219 g/mol. The summed E-state index contributed by atoms with van der Waals surface area (Å²) in [6.07, 6.45) is -6.10. The molecule has 1 aromatic carbocycles. The number of aliphatic hydroxyl groups is 1. The summed E-state index contributed by atoms with van der Waals surface area (Å²) < 4.78 is 36.8. The van der Waals surface area contributed by atoms with E-state index < -0.39 is 12.3 Å². The van der Waals surface area contributed by atoms with Gasteiger partial charge in [-0.2, -0.15) is 13.2 Å². The molecule has 0 aliphatic heterocycles. The minimum absolute atomic E-state index is 0.244. The van der Waals surface area contributed by atoms with Crippen LogP contribution < -0.4 is 0 Å². The van der Waals surface area contributed by atoms with Crippen molar-refractivity contribution in [3.05, 3.63) is 42.1 Å². The number of nitrogens with zero attached hydrogens (tertiary/aromatic N) is 1. The summed E-state index contributed by atoms with van der Waals surface area (Å²) >= 11 is 0. The molecule has 5 heteroatoms. The Morgan fingerprint density at radius 3 is 2.56 bits per heavy atom. The third-order valence-corrected chi connectivity index (χ3v) is 2.24. The highest BCUT2D eigenvalue weighted by molar-refractivity contribution is 5.78. The Balaban J connectivity index is 2.47. The van der Waals surface area contributed by atoms with Crippen LogP contribution in [0.25, 0.3) is 10.9 Å². The second-order valence-electron chi connectivity index (χ2n) is 3.41. The summed E-state index contributed by atoms with van der Waals surface area (Å²) in [5.41, 5.74) is 0.354. The van der Waals surface area contributed by atoms with Crippen LogP contribution in [0.1, 0.15) is 11.7 Å². The largest absolute Gasteiger partial charge is 0.418 e. The molecule has 2 rings (SSSR count). The average Bonchev–Trinajstić information content (AvgIpc) is 2.26. The molecule has 0 radical (unpaired) electrons. The molecule has 1 unspecified atom stereocenters. The first kappa shape index (κ1) is 10.9. The van der Waals surface area contributed by atoms with E-state index in [-0.39, 0.29) is 5.56 Å². The molecule has 0 saturated heterocycles. The Labute approximate surface area is 89.4 Å². The summed E-state index contributed by atoms with van der Waals surface area (Å²) in [6, 6.07) is 8.08. The Morgan fingerprint density at radius 1 is 1.19 bits per heavy atom. The van der Waals surface area contributed by atoms with Gasteiger partial charge < -0.3 is 5.11 Å². The molecule has 1 N–H and O–H groups in total. The van der Waals surface area contributed by atoms with Crippen LogP contribution in [0, 0.1) is 0 Å². The molecule has 0 saturated carbocycles. The van der Waals surface area contributed by atoms with Crippen molar-refractivity contribution in [3.63, 3.8) is 0 Å². The molecule has 0 fully saturated rings. The molecule has 0 bridgehead atoms. The monoisotopic (exact) mass is 227 g/mol. The Bertz CT molecular complexity index is 510. The lowest BCUT2D eigenvalue weighted by Gasteiger charge is -2.14. The maximum Gasteiger partial charge on any atom is 0.418 e. The first-order chi connectivity index (χ1) is 7.48. The van der Waals surface area contributed by atoms with E-state index in [1.54, 1.807) is 24.3 Å². The van der Waals surface area contributed by atoms with E-state index in [1.165, 1.54) is 6.07 Å². The van der Waals surface area contributed by atoms with Gasteiger partial charge in [-0.3, -0.25) is 4.98 Å². The standard InChI is InChI=1S/C11H8F3NO/c12-11(13,14)10(16)8-5-7-3-1-2-4-9(7)15-6-8/h1-6,10,16H. The molecule has 0 amide bonds. The molecule has 1 aromatic heterocycles. The van der Waals surface area contributed by atoms with Crippen LogP contribution in [0.15, 0.2) is 36.5 Å². The number of hydrogen-bond acceptors (Lipinski definition) is 2. The Morgan fingerprint density at radius 2 is 1.88 bits per heavy atom. The number of rotatable bonds is 1. The molecule has 0 spiro atoms. The predicted octanol–water partition coefficient (Wildman–Crippen LogP) is 2.83. The van der Waals surface area contributed by atoms with E-state index in [2.05, 4.69) is 4.98 Å². The smallest absolute Gasteiger partial charge is 0.379 e. The quantitative estimate of drug-likeness (QED) is 0.812. The normalized spacial score (nSPS) is 14.0. The lowest BCUT2D eigenvalue weighted by Crippen LogP contribution is -2.20. The van der Waals surface area contributed by atoms with Crippen molar-refractivity contribution in [2.75, 3.05) is 0 Å². The molecule has 0 aliphatic rings. The predicted molar refractivity (Wildman–Crippen MR) is 52.8 cm³/mol. The number of aromatic nitrogens is 1. The van der Waals surface area contributed by atoms with Gasteiger partial charge in [0.05, 0.1) is 5.52 Å². The zero-order valence-electron chi connectivity index (χ0n) is 8.07. The van der Waals surface area contributed by atoms with Crippen LogP contribution in [0.5, 0.6) is 0 Å². The van der Waals surface area contributed by atoms with E-state index in [9.17, 15) is 13.2 Å². The van der Waals surface area contributed by atoms with Gasteiger partial charge in [0, 0.05) is 17.1 Å². The topological polar surface area (TPSA) is 33.1 Å². The van der Waals surface area contributed by atoms with Crippen LogP contribution in [0.4, 0.5) is 13.2 Å². The summed E-state index contributed by atoms with van der Waals surface area (Å²) in [4.78, 5) is 3.86. The fourth-order valence-corrected chi connectivity index (χ4v) is 1.43. The second kappa shape index (κ2) is 3.75. The van der Waals surface area contributed by atoms with Crippen molar-refractivity contribution >= 4 is 10.9 Å².